The molecule has 0 bridgehead atoms. The van der Waals surface area contributed by atoms with Gasteiger partial charge in [-0.05, 0) is 49.7 Å². The molecule has 6 heteroatoms. The predicted octanol–water partition coefficient (Wildman–Crippen LogP) is 3.44. The van der Waals surface area contributed by atoms with Crippen LogP contribution in [0.15, 0.2) is 48.5 Å². The molecule has 0 unspecified atom stereocenters. The van der Waals surface area contributed by atoms with E-state index >= 15 is 0 Å². The van der Waals surface area contributed by atoms with Crippen LogP contribution < -0.4 is 5.32 Å². The number of benzene rings is 2. The summed E-state index contributed by atoms with van der Waals surface area (Å²) in [4.78, 5) is 25.1. The second-order valence-corrected chi connectivity index (χ2v) is 5.91. The highest BCUT2D eigenvalue weighted by atomic mass is 16.6. The highest BCUT2D eigenvalue weighted by molar-refractivity contribution is 6.07. The average molecular weight is 325 g/mol. The van der Waals surface area contributed by atoms with E-state index in [2.05, 4.69) is 10.2 Å². The minimum absolute atomic E-state index is 0.0589. The maximum Gasteiger partial charge on any atom is 0.282 e. The van der Waals surface area contributed by atoms with Gasteiger partial charge in [-0.3, -0.25) is 19.8 Å². The maximum atomic E-state index is 12.3. The Kier molecular flexibility index (Phi) is 4.86. The molecule has 1 heterocycles. The van der Waals surface area contributed by atoms with Crippen molar-refractivity contribution in [2.24, 2.45) is 0 Å². The molecule has 1 aliphatic heterocycles. The fourth-order valence-electron chi connectivity index (χ4n) is 2.92. The number of likely N-dealkylation sites (tertiary alicyclic amines) is 1. The van der Waals surface area contributed by atoms with E-state index in [1.54, 1.807) is 12.1 Å². The van der Waals surface area contributed by atoms with E-state index in [1.165, 1.54) is 30.5 Å². The normalized spacial score (nSPS) is 14.5. The van der Waals surface area contributed by atoms with E-state index in [4.69, 9.17) is 0 Å². The lowest BCUT2D eigenvalue weighted by molar-refractivity contribution is -0.385. The lowest BCUT2D eigenvalue weighted by Gasteiger charge is -2.14. The van der Waals surface area contributed by atoms with Crippen LogP contribution in [0.5, 0.6) is 0 Å². The SMILES string of the molecule is O=C(Nc1ccc(CN2CCCC2)cc1)c1ccccc1[N+](=O)[O-]. The van der Waals surface area contributed by atoms with Gasteiger partial charge < -0.3 is 5.32 Å². The van der Waals surface area contributed by atoms with Crippen LogP contribution in [0.3, 0.4) is 0 Å². The summed E-state index contributed by atoms with van der Waals surface area (Å²) in [7, 11) is 0. The van der Waals surface area contributed by atoms with E-state index in [9.17, 15) is 14.9 Å². The Bertz CT molecular complexity index is 737. The van der Waals surface area contributed by atoms with Crippen LogP contribution in [-0.4, -0.2) is 28.8 Å². The van der Waals surface area contributed by atoms with Gasteiger partial charge in [0, 0.05) is 18.3 Å². The van der Waals surface area contributed by atoms with E-state index in [0.29, 0.717) is 5.69 Å². The zero-order valence-corrected chi connectivity index (χ0v) is 13.3. The highest BCUT2D eigenvalue weighted by Crippen LogP contribution is 2.20. The average Bonchev–Trinajstić information content (AvgIpc) is 3.09. The van der Waals surface area contributed by atoms with Crippen LogP contribution in [0.1, 0.15) is 28.8 Å². The van der Waals surface area contributed by atoms with Crippen molar-refractivity contribution in [3.8, 4) is 0 Å². The van der Waals surface area contributed by atoms with Gasteiger partial charge in [-0.1, -0.05) is 24.3 Å². The van der Waals surface area contributed by atoms with Crippen LogP contribution in [0.4, 0.5) is 11.4 Å². The minimum Gasteiger partial charge on any atom is -0.322 e. The number of carbonyl (C=O) groups excluding carboxylic acids is 1. The molecule has 24 heavy (non-hydrogen) atoms. The third kappa shape index (κ3) is 3.78. The summed E-state index contributed by atoms with van der Waals surface area (Å²) in [6.07, 6.45) is 2.51. The zero-order chi connectivity index (χ0) is 16.9. The second kappa shape index (κ2) is 7.23. The number of rotatable bonds is 5. The van der Waals surface area contributed by atoms with Crippen molar-refractivity contribution in [3.63, 3.8) is 0 Å². The number of para-hydroxylation sites is 1. The molecule has 3 rings (SSSR count). The first-order valence-electron chi connectivity index (χ1n) is 7.99. The number of nitro benzene ring substituents is 1. The number of anilines is 1. The fourth-order valence-corrected chi connectivity index (χ4v) is 2.92. The molecule has 1 fully saturated rings. The van der Waals surface area contributed by atoms with Crippen LogP contribution in [0.25, 0.3) is 0 Å². The molecule has 1 amide bonds. The molecule has 1 saturated heterocycles. The van der Waals surface area contributed by atoms with E-state index < -0.39 is 10.8 Å². The summed E-state index contributed by atoms with van der Waals surface area (Å²) in [5.74, 6) is -0.477. The summed E-state index contributed by atoms with van der Waals surface area (Å²) in [6.45, 7) is 3.19. The molecule has 0 saturated carbocycles. The summed E-state index contributed by atoms with van der Waals surface area (Å²) in [6, 6.07) is 13.6. The van der Waals surface area contributed by atoms with Crippen molar-refractivity contribution < 1.29 is 9.72 Å². The van der Waals surface area contributed by atoms with E-state index in [-0.39, 0.29) is 11.3 Å². The molecular formula is C18H19N3O3. The number of nitrogens with one attached hydrogen (secondary N) is 1. The largest absolute Gasteiger partial charge is 0.322 e. The third-order valence-electron chi connectivity index (χ3n) is 4.16. The highest BCUT2D eigenvalue weighted by Gasteiger charge is 2.19. The number of hydrogen-bond donors (Lipinski definition) is 1. The first kappa shape index (κ1) is 16.1. The Morgan fingerprint density at radius 2 is 1.75 bits per heavy atom. The topological polar surface area (TPSA) is 75.5 Å². The molecule has 6 nitrogen and oxygen atoms in total. The summed E-state index contributed by atoms with van der Waals surface area (Å²) < 4.78 is 0. The maximum absolute atomic E-state index is 12.3. The standard InChI is InChI=1S/C18H19N3O3/c22-18(16-5-1-2-6-17(16)21(23)24)19-15-9-7-14(8-10-15)13-20-11-3-4-12-20/h1-2,5-10H,3-4,11-13H2,(H,19,22). The van der Waals surface area contributed by atoms with Gasteiger partial charge in [-0.25, -0.2) is 0 Å². The molecule has 0 aliphatic carbocycles. The summed E-state index contributed by atoms with van der Waals surface area (Å²) >= 11 is 0. The van der Waals surface area contributed by atoms with Gasteiger partial charge in [-0.15, -0.1) is 0 Å². The molecule has 124 valence electrons. The summed E-state index contributed by atoms with van der Waals surface area (Å²) in [5, 5.41) is 13.7. The molecular weight excluding hydrogens is 306 g/mol. The Morgan fingerprint density at radius 1 is 1.08 bits per heavy atom. The number of amides is 1. The van der Waals surface area contributed by atoms with Gasteiger partial charge in [0.2, 0.25) is 0 Å². The zero-order valence-electron chi connectivity index (χ0n) is 13.3. The fraction of sp³-hybridized carbons (Fsp3) is 0.278. The number of nitrogens with zero attached hydrogens (tertiary/aromatic N) is 2. The second-order valence-electron chi connectivity index (χ2n) is 5.91. The third-order valence-corrected chi connectivity index (χ3v) is 4.16. The Hall–Kier alpha value is -2.73. The molecule has 1 N–H and O–H groups in total. The molecule has 0 aromatic heterocycles. The molecule has 0 atom stereocenters. The quantitative estimate of drug-likeness (QED) is 0.675. The van der Waals surface area contributed by atoms with Gasteiger partial charge in [-0.2, -0.15) is 0 Å². The Morgan fingerprint density at radius 3 is 2.42 bits per heavy atom. The first-order chi connectivity index (χ1) is 11.6. The molecule has 2 aromatic carbocycles. The lowest BCUT2D eigenvalue weighted by atomic mass is 10.1. The van der Waals surface area contributed by atoms with E-state index in [1.807, 2.05) is 24.3 Å². The number of hydrogen-bond acceptors (Lipinski definition) is 4. The predicted molar refractivity (Wildman–Crippen MR) is 92.0 cm³/mol. The molecule has 2 aromatic rings. The van der Waals surface area contributed by atoms with Crippen LogP contribution in [0, 0.1) is 10.1 Å². The van der Waals surface area contributed by atoms with Gasteiger partial charge in [0.1, 0.15) is 5.56 Å². The van der Waals surface area contributed by atoms with Crippen molar-refractivity contribution in [1.82, 2.24) is 4.90 Å². The molecule has 0 spiro atoms. The van der Waals surface area contributed by atoms with Crippen LogP contribution >= 0.6 is 0 Å². The van der Waals surface area contributed by atoms with Crippen LogP contribution in [-0.2, 0) is 6.54 Å². The van der Waals surface area contributed by atoms with Gasteiger partial charge in [0.15, 0.2) is 0 Å². The number of carbonyl (C=O) groups is 1. The minimum atomic E-state index is -0.548. The van der Waals surface area contributed by atoms with Crippen molar-refractivity contribution in [1.29, 1.82) is 0 Å². The Labute approximate surface area is 140 Å². The van der Waals surface area contributed by atoms with Gasteiger partial charge in [0.25, 0.3) is 11.6 Å². The van der Waals surface area contributed by atoms with Crippen LogP contribution in [0.2, 0.25) is 0 Å². The van der Waals surface area contributed by atoms with Crippen molar-refractivity contribution in [3.05, 3.63) is 69.8 Å². The lowest BCUT2D eigenvalue weighted by Crippen LogP contribution is -2.18. The van der Waals surface area contributed by atoms with Gasteiger partial charge >= 0.3 is 0 Å². The monoisotopic (exact) mass is 325 g/mol. The van der Waals surface area contributed by atoms with Crippen molar-refractivity contribution >= 4 is 17.3 Å². The molecule has 1 aliphatic rings. The van der Waals surface area contributed by atoms with Crippen molar-refractivity contribution in [2.45, 2.75) is 19.4 Å². The van der Waals surface area contributed by atoms with Gasteiger partial charge in [0.05, 0.1) is 4.92 Å². The first-order valence-corrected chi connectivity index (χ1v) is 7.99. The smallest absolute Gasteiger partial charge is 0.282 e. The van der Waals surface area contributed by atoms with Crippen molar-refractivity contribution in [2.75, 3.05) is 18.4 Å². The van der Waals surface area contributed by atoms with E-state index in [0.717, 1.165) is 19.6 Å². The summed E-state index contributed by atoms with van der Waals surface area (Å²) in [5.41, 5.74) is 1.69. The Balaban J connectivity index is 1.67. The molecule has 0 radical (unpaired) electrons. The number of nitro groups is 1.